The zero-order valence-electron chi connectivity index (χ0n) is 34.2. The second-order valence-corrected chi connectivity index (χ2v) is 16.1. The maximum atomic E-state index is 12.7. The summed E-state index contributed by atoms with van der Waals surface area (Å²) in [5.41, 5.74) is 6.98. The van der Waals surface area contributed by atoms with Gasteiger partial charge in [-0.15, -0.1) is 0 Å². The van der Waals surface area contributed by atoms with Crippen LogP contribution in [-0.2, 0) is 13.1 Å². The molecule has 0 aliphatic carbocycles. The molecule has 4 aromatic heterocycles. The average molecular weight is 842 g/mol. The molecule has 6 aromatic rings. The number of likely N-dealkylation sites (tertiary alicyclic amines) is 1. The molecule has 6 heterocycles. The number of carbonyl (C=O) groups is 2. The third-order valence-electron chi connectivity index (χ3n) is 11.1. The molecule has 0 saturated carbocycles. The van der Waals surface area contributed by atoms with E-state index in [1.807, 2.05) is 71.5 Å². The molecular weight excluding hydrogens is 787 g/mol. The van der Waals surface area contributed by atoms with Crippen molar-refractivity contribution >= 4 is 68.7 Å². The first-order valence-electron chi connectivity index (χ1n) is 20.2. The van der Waals surface area contributed by atoms with Crippen molar-refractivity contribution in [3.8, 4) is 0 Å². The molecule has 0 bridgehead atoms. The number of halogens is 2. The molecule has 8 rings (SSSR count). The summed E-state index contributed by atoms with van der Waals surface area (Å²) >= 11 is 13.0. The number of aliphatic hydroxyl groups excluding tert-OH is 1. The second kappa shape index (κ2) is 20.9. The summed E-state index contributed by atoms with van der Waals surface area (Å²) < 4.78 is 4.08. The van der Waals surface area contributed by atoms with E-state index in [1.54, 1.807) is 18.9 Å². The van der Waals surface area contributed by atoms with E-state index >= 15 is 0 Å². The maximum Gasteiger partial charge on any atom is 0.258 e. The van der Waals surface area contributed by atoms with Gasteiger partial charge in [0.1, 0.15) is 11.0 Å². The zero-order valence-corrected chi connectivity index (χ0v) is 35.7. The van der Waals surface area contributed by atoms with E-state index < -0.39 is 0 Å². The molecule has 312 valence electrons. The summed E-state index contributed by atoms with van der Waals surface area (Å²) in [4.78, 5) is 45.5. The van der Waals surface area contributed by atoms with Crippen molar-refractivity contribution in [3.05, 3.63) is 106 Å². The Balaban J connectivity index is 0.000000191. The molecule has 2 amide bonds. The summed E-state index contributed by atoms with van der Waals surface area (Å²) in [6.07, 6.45) is 13.7. The fourth-order valence-corrected chi connectivity index (χ4v) is 7.97. The Morgan fingerprint density at radius 3 is 1.51 bits per heavy atom. The number of carbonyl (C=O) groups excluding carboxylic acids is 2. The van der Waals surface area contributed by atoms with E-state index in [1.165, 1.54) is 45.0 Å². The highest BCUT2D eigenvalue weighted by atomic mass is 35.5. The number of nitrogens with one attached hydrogen (secondary N) is 3. The van der Waals surface area contributed by atoms with Crippen LogP contribution < -0.4 is 16.0 Å². The maximum absolute atomic E-state index is 12.7. The Morgan fingerprint density at radius 2 is 1.08 bits per heavy atom. The summed E-state index contributed by atoms with van der Waals surface area (Å²) in [6, 6.07) is 15.3. The zero-order chi connectivity index (χ0) is 41.9. The number of hydrogen-bond acceptors (Lipinski definition) is 9. The van der Waals surface area contributed by atoms with Gasteiger partial charge in [0, 0.05) is 44.0 Å². The standard InChI is InChI=1S/C22H26ClN5O.C21H24ClN5O.CH4O/c1-15-3-5-17(6-4-15)26-22(29)18-13-24-21-20(19(18)23)25-14-28(21)12-9-16-7-10-27(2)11-8-16;1-14-2-4-16(5-3-14)26-21(28)17-12-24-20-19(18(17)22)25-13-27(20)11-8-15-6-9-23-10-7-15;1-2/h3-6,13-14,16H,7-12H2,1-2H3,(H,26,29);2-5,12-13,15,23H,6-11H2,1H3,(H,26,28);2H,1H3. The lowest BCUT2D eigenvalue weighted by molar-refractivity contribution is 0.101. The molecule has 0 atom stereocenters. The van der Waals surface area contributed by atoms with Crippen LogP contribution in [0.15, 0.2) is 73.6 Å². The Labute approximate surface area is 355 Å². The smallest absolute Gasteiger partial charge is 0.258 e. The lowest BCUT2D eigenvalue weighted by Gasteiger charge is -2.28. The second-order valence-electron chi connectivity index (χ2n) is 15.3. The van der Waals surface area contributed by atoms with Crippen LogP contribution in [0.25, 0.3) is 22.3 Å². The predicted molar refractivity (Wildman–Crippen MR) is 237 cm³/mol. The van der Waals surface area contributed by atoms with E-state index in [4.69, 9.17) is 28.3 Å². The molecular formula is C44H54Cl2N10O3. The number of anilines is 2. The van der Waals surface area contributed by atoms with Crippen molar-refractivity contribution < 1.29 is 14.7 Å². The normalized spacial score (nSPS) is 15.0. The van der Waals surface area contributed by atoms with E-state index in [-0.39, 0.29) is 11.8 Å². The first-order valence-corrected chi connectivity index (χ1v) is 21.0. The molecule has 0 radical (unpaired) electrons. The van der Waals surface area contributed by atoms with Gasteiger partial charge < -0.3 is 35.1 Å². The third-order valence-corrected chi connectivity index (χ3v) is 11.9. The number of aromatic nitrogens is 6. The summed E-state index contributed by atoms with van der Waals surface area (Å²) in [6.45, 7) is 10.3. The quantitative estimate of drug-likeness (QED) is 0.107. The van der Waals surface area contributed by atoms with Crippen molar-refractivity contribution in [3.63, 3.8) is 0 Å². The highest BCUT2D eigenvalue weighted by Crippen LogP contribution is 2.29. The number of rotatable bonds is 10. The van der Waals surface area contributed by atoms with Gasteiger partial charge in [-0.25, -0.2) is 19.9 Å². The molecule has 2 aromatic carbocycles. The predicted octanol–water partition coefficient (Wildman–Crippen LogP) is 8.02. The van der Waals surface area contributed by atoms with Crippen molar-refractivity contribution in [2.75, 3.05) is 51.0 Å². The number of nitrogens with zero attached hydrogens (tertiary/aromatic N) is 7. The van der Waals surface area contributed by atoms with Gasteiger partial charge in [-0.05, 0) is 122 Å². The number of fused-ring (bicyclic) bond motifs is 2. The number of pyridine rings is 2. The number of piperidine rings is 2. The van der Waals surface area contributed by atoms with Gasteiger partial charge in [-0.2, -0.15) is 0 Å². The largest absolute Gasteiger partial charge is 0.400 e. The van der Waals surface area contributed by atoms with E-state index in [0.29, 0.717) is 32.2 Å². The van der Waals surface area contributed by atoms with Gasteiger partial charge in [0.25, 0.3) is 11.8 Å². The molecule has 0 spiro atoms. The number of hydrogen-bond donors (Lipinski definition) is 4. The van der Waals surface area contributed by atoms with Gasteiger partial charge in [0.2, 0.25) is 0 Å². The van der Waals surface area contributed by atoms with Crippen LogP contribution in [0.3, 0.4) is 0 Å². The summed E-state index contributed by atoms with van der Waals surface area (Å²) in [5.74, 6) is 0.897. The number of imidazole rings is 2. The van der Waals surface area contributed by atoms with Crippen LogP contribution in [0.2, 0.25) is 10.0 Å². The number of aryl methyl sites for hydroxylation is 4. The number of benzene rings is 2. The highest BCUT2D eigenvalue weighted by molar-refractivity contribution is 6.39. The molecule has 2 fully saturated rings. The Bertz CT molecular complexity index is 2310. The molecule has 4 N–H and O–H groups in total. The molecule has 15 heteroatoms. The minimum absolute atomic E-state index is 0.283. The van der Waals surface area contributed by atoms with Crippen molar-refractivity contribution in [1.29, 1.82) is 0 Å². The van der Waals surface area contributed by atoms with E-state index in [9.17, 15) is 9.59 Å². The van der Waals surface area contributed by atoms with Crippen LogP contribution in [-0.4, -0.2) is 91.2 Å². The molecule has 2 aliphatic heterocycles. The summed E-state index contributed by atoms with van der Waals surface area (Å²) in [5, 5.41) is 16.8. The van der Waals surface area contributed by atoms with Crippen molar-refractivity contribution in [2.24, 2.45) is 11.8 Å². The molecule has 13 nitrogen and oxygen atoms in total. The Kier molecular flexibility index (Phi) is 15.4. The SMILES string of the molecule is CO.Cc1ccc(NC(=O)c2cnc3c(ncn3CCC3CCN(C)CC3)c2Cl)cc1.Cc1ccc(NC(=O)c2cnc3c(ncn3CCC3CCNCC3)c2Cl)cc1. The minimum Gasteiger partial charge on any atom is -0.400 e. The third kappa shape index (κ3) is 11.2. The van der Waals surface area contributed by atoms with E-state index in [2.05, 4.69) is 47.8 Å². The Morgan fingerprint density at radius 1 is 0.678 bits per heavy atom. The lowest BCUT2D eigenvalue weighted by atomic mass is 9.94. The average Bonchev–Trinajstić information content (AvgIpc) is 3.88. The fourth-order valence-electron chi connectivity index (χ4n) is 7.43. The molecule has 2 saturated heterocycles. The van der Waals surface area contributed by atoms with E-state index in [0.717, 1.165) is 91.8 Å². The van der Waals surface area contributed by atoms with Gasteiger partial charge in [-0.3, -0.25) is 9.59 Å². The van der Waals surface area contributed by atoms with Crippen LogP contribution in [0, 0.1) is 25.7 Å². The van der Waals surface area contributed by atoms with Crippen LogP contribution in [0.5, 0.6) is 0 Å². The first kappa shape index (κ1) is 43.7. The van der Waals surface area contributed by atoms with Gasteiger partial charge in [0.05, 0.1) is 33.8 Å². The first-order chi connectivity index (χ1) is 28.6. The minimum atomic E-state index is -0.285. The highest BCUT2D eigenvalue weighted by Gasteiger charge is 2.21. The lowest BCUT2D eigenvalue weighted by Crippen LogP contribution is -2.30. The van der Waals surface area contributed by atoms with Gasteiger partial charge in [-0.1, -0.05) is 58.6 Å². The van der Waals surface area contributed by atoms with Gasteiger partial charge in [0.15, 0.2) is 11.3 Å². The van der Waals surface area contributed by atoms with Crippen LogP contribution in [0.4, 0.5) is 11.4 Å². The topological polar surface area (TPSA) is 155 Å². The van der Waals surface area contributed by atoms with Gasteiger partial charge >= 0.3 is 0 Å². The Hall–Kier alpha value is -4.92. The molecule has 2 aliphatic rings. The van der Waals surface area contributed by atoms with Crippen molar-refractivity contribution in [2.45, 2.75) is 65.5 Å². The van der Waals surface area contributed by atoms with Crippen LogP contribution in [0.1, 0.15) is 70.4 Å². The summed E-state index contributed by atoms with van der Waals surface area (Å²) in [7, 11) is 3.18. The molecule has 0 unspecified atom stereocenters. The fraction of sp³-hybridized carbons (Fsp3) is 0.409. The number of amides is 2. The monoisotopic (exact) mass is 840 g/mol. The molecule has 59 heavy (non-hydrogen) atoms. The van der Waals surface area contributed by atoms with Crippen LogP contribution >= 0.6 is 23.2 Å². The van der Waals surface area contributed by atoms with Crippen molar-refractivity contribution in [1.82, 2.24) is 39.3 Å². The number of aliphatic hydroxyl groups is 1.